The topological polar surface area (TPSA) is 80.8 Å². The average Bonchev–Trinajstić information content (AvgIpc) is 2.78. The van der Waals surface area contributed by atoms with Gasteiger partial charge in [0.1, 0.15) is 0 Å². The number of amides is 2. The molecule has 1 aromatic carbocycles. The van der Waals surface area contributed by atoms with E-state index < -0.39 is 0 Å². The molecular formula is C23H29N3O4. The van der Waals surface area contributed by atoms with E-state index in [0.29, 0.717) is 31.0 Å². The number of carbonyl (C=O) groups excluding carboxylic acids is 2. The van der Waals surface area contributed by atoms with Crippen molar-refractivity contribution in [1.82, 2.24) is 15.2 Å². The highest BCUT2D eigenvalue weighted by Gasteiger charge is 2.30. The highest BCUT2D eigenvalue weighted by Crippen LogP contribution is 2.31. The molecule has 0 bridgehead atoms. The Balaban J connectivity index is 1.61. The van der Waals surface area contributed by atoms with Gasteiger partial charge in [0.25, 0.3) is 0 Å². The number of pyridine rings is 1. The van der Waals surface area contributed by atoms with Crippen LogP contribution in [0.25, 0.3) is 0 Å². The molecule has 7 heteroatoms. The maximum Gasteiger partial charge on any atom is 0.226 e. The second-order valence-electron chi connectivity index (χ2n) is 7.52. The normalized spacial score (nSPS) is 15.4. The Kier molecular flexibility index (Phi) is 7.27. The molecule has 2 amide bonds. The van der Waals surface area contributed by atoms with Crippen LogP contribution in [-0.4, -0.2) is 49.0 Å². The van der Waals surface area contributed by atoms with Gasteiger partial charge in [-0.3, -0.25) is 14.6 Å². The number of rotatable bonds is 7. The summed E-state index contributed by atoms with van der Waals surface area (Å²) in [5.41, 5.74) is 1.76. The van der Waals surface area contributed by atoms with Gasteiger partial charge < -0.3 is 19.7 Å². The van der Waals surface area contributed by atoms with E-state index >= 15 is 0 Å². The van der Waals surface area contributed by atoms with Gasteiger partial charge in [0.15, 0.2) is 11.5 Å². The third kappa shape index (κ3) is 5.28. The predicted molar refractivity (Wildman–Crippen MR) is 113 cm³/mol. The highest BCUT2D eigenvalue weighted by molar-refractivity contribution is 5.79. The summed E-state index contributed by atoms with van der Waals surface area (Å²) in [7, 11) is 3.17. The van der Waals surface area contributed by atoms with E-state index in [4.69, 9.17) is 9.47 Å². The van der Waals surface area contributed by atoms with Gasteiger partial charge in [-0.25, -0.2) is 0 Å². The average molecular weight is 412 g/mol. The van der Waals surface area contributed by atoms with Gasteiger partial charge in [-0.2, -0.15) is 0 Å². The van der Waals surface area contributed by atoms with E-state index in [0.717, 1.165) is 24.1 Å². The molecule has 1 N–H and O–H groups in total. The SMILES string of the molecule is COc1ccc(CC(=O)N2CCC(C(NC(C)=O)c3ccccn3)CC2)cc1OC. The van der Waals surface area contributed by atoms with Crippen LogP contribution in [0.2, 0.25) is 0 Å². The zero-order chi connectivity index (χ0) is 21.5. The Morgan fingerprint density at radius 3 is 2.47 bits per heavy atom. The monoisotopic (exact) mass is 411 g/mol. The number of carbonyl (C=O) groups is 2. The highest BCUT2D eigenvalue weighted by atomic mass is 16.5. The molecule has 1 aromatic heterocycles. The van der Waals surface area contributed by atoms with E-state index in [2.05, 4.69) is 10.3 Å². The molecule has 1 aliphatic rings. The fourth-order valence-electron chi connectivity index (χ4n) is 3.97. The van der Waals surface area contributed by atoms with Gasteiger partial charge in [0.05, 0.1) is 32.4 Å². The van der Waals surface area contributed by atoms with E-state index in [-0.39, 0.29) is 23.8 Å². The van der Waals surface area contributed by atoms with Gasteiger partial charge in [0, 0.05) is 26.2 Å². The van der Waals surface area contributed by atoms with Gasteiger partial charge in [-0.05, 0) is 48.6 Å². The lowest BCUT2D eigenvalue weighted by atomic mass is 9.87. The van der Waals surface area contributed by atoms with Crippen LogP contribution in [-0.2, 0) is 16.0 Å². The first-order chi connectivity index (χ1) is 14.5. The number of nitrogens with one attached hydrogen (secondary N) is 1. The van der Waals surface area contributed by atoms with Gasteiger partial charge in [0.2, 0.25) is 11.8 Å². The molecule has 160 valence electrons. The first kappa shape index (κ1) is 21.6. The number of hydrogen-bond donors (Lipinski definition) is 1. The van der Waals surface area contributed by atoms with Crippen LogP contribution in [0.4, 0.5) is 0 Å². The third-order valence-corrected chi connectivity index (χ3v) is 5.53. The van der Waals surface area contributed by atoms with Crippen molar-refractivity contribution >= 4 is 11.8 Å². The molecule has 1 saturated heterocycles. The standard InChI is InChI=1S/C23H29N3O4/c1-16(27)25-23(19-6-4-5-11-24-19)18-9-12-26(13-10-18)22(28)15-17-7-8-20(29-2)21(14-17)30-3/h4-8,11,14,18,23H,9-10,12-13,15H2,1-3H3,(H,25,27). The number of piperidine rings is 1. The van der Waals surface area contributed by atoms with Crippen molar-refractivity contribution in [1.29, 1.82) is 0 Å². The number of likely N-dealkylation sites (tertiary alicyclic amines) is 1. The third-order valence-electron chi connectivity index (χ3n) is 5.53. The number of hydrogen-bond acceptors (Lipinski definition) is 5. The van der Waals surface area contributed by atoms with Gasteiger partial charge in [-0.15, -0.1) is 0 Å². The summed E-state index contributed by atoms with van der Waals surface area (Å²) < 4.78 is 10.6. The lowest BCUT2D eigenvalue weighted by Gasteiger charge is -2.36. The van der Waals surface area contributed by atoms with Crippen LogP contribution >= 0.6 is 0 Å². The minimum absolute atomic E-state index is 0.0717. The molecule has 0 spiro atoms. The lowest BCUT2D eigenvalue weighted by molar-refractivity contribution is -0.132. The molecular weight excluding hydrogens is 382 g/mol. The van der Waals surface area contributed by atoms with Crippen LogP contribution in [0.5, 0.6) is 11.5 Å². The summed E-state index contributed by atoms with van der Waals surface area (Å²) in [5.74, 6) is 1.53. The number of ether oxygens (including phenoxy) is 2. The maximum atomic E-state index is 12.8. The molecule has 0 saturated carbocycles. The number of aromatic nitrogens is 1. The van der Waals surface area contributed by atoms with Crippen LogP contribution in [0.1, 0.15) is 37.1 Å². The molecule has 1 fully saturated rings. The lowest BCUT2D eigenvalue weighted by Crippen LogP contribution is -2.43. The van der Waals surface area contributed by atoms with Crippen molar-refractivity contribution in [2.75, 3.05) is 27.3 Å². The minimum atomic E-state index is -0.133. The van der Waals surface area contributed by atoms with Crippen LogP contribution in [0.15, 0.2) is 42.6 Å². The van der Waals surface area contributed by atoms with Crippen LogP contribution in [0, 0.1) is 5.92 Å². The molecule has 0 radical (unpaired) electrons. The molecule has 30 heavy (non-hydrogen) atoms. The molecule has 1 aliphatic heterocycles. The molecule has 3 rings (SSSR count). The Bertz CT molecular complexity index is 864. The van der Waals surface area contributed by atoms with Crippen molar-refractivity contribution in [3.63, 3.8) is 0 Å². The van der Waals surface area contributed by atoms with E-state index in [1.807, 2.05) is 41.3 Å². The molecule has 0 aliphatic carbocycles. The molecule has 1 unspecified atom stereocenters. The van der Waals surface area contributed by atoms with Crippen molar-refractivity contribution in [2.45, 2.75) is 32.2 Å². The van der Waals surface area contributed by atoms with E-state index in [9.17, 15) is 9.59 Å². The second-order valence-corrected chi connectivity index (χ2v) is 7.52. The summed E-state index contributed by atoms with van der Waals surface area (Å²) >= 11 is 0. The zero-order valence-corrected chi connectivity index (χ0v) is 17.8. The van der Waals surface area contributed by atoms with Crippen molar-refractivity contribution in [3.05, 3.63) is 53.9 Å². The minimum Gasteiger partial charge on any atom is -0.493 e. The Morgan fingerprint density at radius 1 is 1.13 bits per heavy atom. The largest absolute Gasteiger partial charge is 0.493 e. The Hall–Kier alpha value is -3.09. The summed E-state index contributed by atoms with van der Waals surface area (Å²) in [4.78, 5) is 30.9. The quantitative estimate of drug-likeness (QED) is 0.758. The zero-order valence-electron chi connectivity index (χ0n) is 17.8. The van der Waals surface area contributed by atoms with E-state index in [1.54, 1.807) is 20.4 Å². The van der Waals surface area contributed by atoms with Crippen LogP contribution < -0.4 is 14.8 Å². The second kappa shape index (κ2) is 10.1. The number of methoxy groups -OCH3 is 2. The van der Waals surface area contributed by atoms with Crippen molar-refractivity contribution < 1.29 is 19.1 Å². The first-order valence-electron chi connectivity index (χ1n) is 10.2. The first-order valence-corrected chi connectivity index (χ1v) is 10.2. The molecule has 1 atom stereocenters. The summed E-state index contributed by atoms with van der Waals surface area (Å²) in [5, 5.41) is 3.04. The van der Waals surface area contributed by atoms with Gasteiger partial charge in [-0.1, -0.05) is 12.1 Å². The Labute approximate surface area is 177 Å². The smallest absolute Gasteiger partial charge is 0.226 e. The van der Waals surface area contributed by atoms with E-state index in [1.165, 1.54) is 6.92 Å². The fraction of sp³-hybridized carbons (Fsp3) is 0.435. The predicted octanol–water partition coefficient (Wildman–Crippen LogP) is 2.76. The molecule has 7 nitrogen and oxygen atoms in total. The molecule has 2 aromatic rings. The fourth-order valence-corrected chi connectivity index (χ4v) is 3.97. The van der Waals surface area contributed by atoms with Crippen molar-refractivity contribution in [2.24, 2.45) is 5.92 Å². The number of benzene rings is 1. The van der Waals surface area contributed by atoms with Crippen LogP contribution in [0.3, 0.4) is 0 Å². The Morgan fingerprint density at radius 2 is 1.87 bits per heavy atom. The summed E-state index contributed by atoms with van der Waals surface area (Å²) in [6.07, 6.45) is 3.70. The van der Waals surface area contributed by atoms with Crippen molar-refractivity contribution in [3.8, 4) is 11.5 Å². The summed E-state index contributed by atoms with van der Waals surface area (Å²) in [6, 6.07) is 11.2. The van der Waals surface area contributed by atoms with Gasteiger partial charge >= 0.3 is 0 Å². The molecule has 2 heterocycles. The number of nitrogens with zero attached hydrogens (tertiary/aromatic N) is 2. The summed E-state index contributed by atoms with van der Waals surface area (Å²) in [6.45, 7) is 2.86. The maximum absolute atomic E-state index is 12.8.